The van der Waals surface area contributed by atoms with Gasteiger partial charge in [0.15, 0.2) is 5.13 Å². The van der Waals surface area contributed by atoms with Gasteiger partial charge in [0.2, 0.25) is 0 Å². The van der Waals surface area contributed by atoms with Crippen molar-refractivity contribution in [3.63, 3.8) is 0 Å². The van der Waals surface area contributed by atoms with E-state index in [2.05, 4.69) is 63.4 Å². The maximum absolute atomic E-state index is 12.6. The fourth-order valence-corrected chi connectivity index (χ4v) is 3.72. The number of carbonyl (C=O) groups excluding carboxylic acids is 1. The van der Waals surface area contributed by atoms with Crippen molar-refractivity contribution < 1.29 is 4.79 Å². The summed E-state index contributed by atoms with van der Waals surface area (Å²) in [5.41, 5.74) is 5.32. The largest absolute Gasteiger partial charge is 0.300 e. The number of amides is 1. The second-order valence-electron chi connectivity index (χ2n) is 6.43. The summed E-state index contributed by atoms with van der Waals surface area (Å²) < 4.78 is 2.54. The van der Waals surface area contributed by atoms with Gasteiger partial charge in [-0.3, -0.25) is 9.48 Å². The summed E-state index contributed by atoms with van der Waals surface area (Å²) in [7, 11) is 0. The van der Waals surface area contributed by atoms with Gasteiger partial charge >= 0.3 is 0 Å². The molecule has 0 fully saturated rings. The molecular weight excluding hydrogens is 412 g/mol. The van der Waals surface area contributed by atoms with Gasteiger partial charge in [-0.05, 0) is 67.7 Å². The third-order valence-electron chi connectivity index (χ3n) is 4.44. The summed E-state index contributed by atoms with van der Waals surface area (Å²) in [6, 6.07) is 5.88. The number of rotatable bonds is 4. The van der Waals surface area contributed by atoms with E-state index in [1.54, 1.807) is 4.68 Å². The molecule has 1 N–H and O–H groups in total. The predicted octanol–water partition coefficient (Wildman–Crippen LogP) is 5.20. The molecule has 0 saturated carbocycles. The number of nitrogens with zero attached hydrogens (tertiary/aromatic N) is 3. The number of hydrogen-bond acceptors (Lipinski definition) is 4. The van der Waals surface area contributed by atoms with Gasteiger partial charge in [-0.2, -0.15) is 5.10 Å². The predicted molar refractivity (Wildman–Crippen MR) is 110 cm³/mol. The number of carbonyl (C=O) groups is 1. The number of halogens is 1. The lowest BCUT2D eigenvalue weighted by Gasteiger charge is -2.10. The minimum absolute atomic E-state index is 0.139. The molecule has 0 radical (unpaired) electrons. The molecule has 3 aromatic rings. The van der Waals surface area contributed by atoms with Gasteiger partial charge in [-0.15, -0.1) is 11.3 Å². The highest BCUT2D eigenvalue weighted by molar-refractivity contribution is 9.10. The first-order valence-corrected chi connectivity index (χ1v) is 9.94. The zero-order chi connectivity index (χ0) is 19.0. The lowest BCUT2D eigenvalue weighted by atomic mass is 10.0. The minimum Gasteiger partial charge on any atom is -0.300 e. The van der Waals surface area contributed by atoms with Gasteiger partial charge in [0.25, 0.3) is 5.91 Å². The average molecular weight is 433 g/mol. The number of anilines is 1. The highest BCUT2D eigenvalue weighted by Crippen LogP contribution is 2.31. The van der Waals surface area contributed by atoms with Gasteiger partial charge < -0.3 is 5.32 Å². The smallest absolute Gasteiger partial charge is 0.250 e. The quantitative estimate of drug-likeness (QED) is 0.615. The molecule has 5 nitrogen and oxygen atoms in total. The van der Waals surface area contributed by atoms with E-state index in [9.17, 15) is 4.79 Å². The number of nitrogens with one attached hydrogen (secondary N) is 1. The normalized spacial score (nSPS) is 12.2. The van der Waals surface area contributed by atoms with Gasteiger partial charge in [0.1, 0.15) is 6.04 Å². The van der Waals surface area contributed by atoms with Crippen LogP contribution in [-0.4, -0.2) is 20.7 Å². The van der Waals surface area contributed by atoms with Crippen LogP contribution in [0.25, 0.3) is 11.3 Å². The third-order valence-corrected chi connectivity index (χ3v) is 6.10. The summed E-state index contributed by atoms with van der Waals surface area (Å²) in [5.74, 6) is -0.139. The van der Waals surface area contributed by atoms with Crippen molar-refractivity contribution in [2.45, 2.75) is 40.7 Å². The molecule has 7 heteroatoms. The SMILES string of the molecule is Cc1ccc(-c2nc(NC(=O)C(C)n3cc(Br)c(C)n3)sc2C)cc1C. The summed E-state index contributed by atoms with van der Waals surface area (Å²) >= 11 is 4.91. The van der Waals surface area contributed by atoms with Crippen molar-refractivity contribution >= 4 is 38.3 Å². The van der Waals surface area contributed by atoms with E-state index < -0.39 is 6.04 Å². The van der Waals surface area contributed by atoms with Crippen molar-refractivity contribution in [1.29, 1.82) is 0 Å². The topological polar surface area (TPSA) is 59.8 Å². The molecule has 0 saturated heterocycles. The van der Waals surface area contributed by atoms with E-state index in [1.807, 2.05) is 27.0 Å². The van der Waals surface area contributed by atoms with Crippen LogP contribution in [-0.2, 0) is 4.79 Å². The first kappa shape index (κ1) is 18.8. The molecule has 3 rings (SSSR count). The summed E-state index contributed by atoms with van der Waals surface area (Å²) in [6.45, 7) is 9.92. The van der Waals surface area contributed by atoms with Crippen molar-refractivity contribution in [1.82, 2.24) is 14.8 Å². The second kappa shape index (κ2) is 7.32. The Morgan fingerprint density at radius 3 is 2.58 bits per heavy atom. The van der Waals surface area contributed by atoms with Gasteiger partial charge in [0.05, 0.1) is 15.9 Å². The van der Waals surface area contributed by atoms with E-state index in [1.165, 1.54) is 22.5 Å². The number of benzene rings is 1. The van der Waals surface area contributed by atoms with Crippen LogP contribution in [0.15, 0.2) is 28.9 Å². The van der Waals surface area contributed by atoms with Gasteiger partial charge in [0, 0.05) is 16.6 Å². The molecular formula is C19H21BrN4OS. The van der Waals surface area contributed by atoms with Crippen LogP contribution in [0.5, 0.6) is 0 Å². The highest BCUT2D eigenvalue weighted by Gasteiger charge is 2.19. The molecule has 2 heterocycles. The van der Waals surface area contributed by atoms with Crippen LogP contribution in [0.1, 0.15) is 34.7 Å². The molecule has 2 aromatic heterocycles. The highest BCUT2D eigenvalue weighted by atomic mass is 79.9. The van der Waals surface area contributed by atoms with E-state index in [0.29, 0.717) is 5.13 Å². The third kappa shape index (κ3) is 3.73. The van der Waals surface area contributed by atoms with Crippen LogP contribution < -0.4 is 5.32 Å². The van der Waals surface area contributed by atoms with E-state index in [4.69, 9.17) is 0 Å². The zero-order valence-corrected chi connectivity index (χ0v) is 17.8. The van der Waals surface area contributed by atoms with Gasteiger partial charge in [-0.1, -0.05) is 12.1 Å². The molecule has 1 amide bonds. The zero-order valence-electron chi connectivity index (χ0n) is 15.4. The maximum atomic E-state index is 12.6. The first-order valence-electron chi connectivity index (χ1n) is 8.33. The van der Waals surface area contributed by atoms with Crippen LogP contribution in [0.2, 0.25) is 0 Å². The van der Waals surface area contributed by atoms with Crippen molar-refractivity contribution in [3.8, 4) is 11.3 Å². The lowest BCUT2D eigenvalue weighted by Crippen LogP contribution is -2.24. The van der Waals surface area contributed by atoms with E-state index >= 15 is 0 Å². The summed E-state index contributed by atoms with van der Waals surface area (Å²) in [6.07, 6.45) is 1.81. The van der Waals surface area contributed by atoms with Crippen molar-refractivity contribution in [2.75, 3.05) is 5.32 Å². The average Bonchev–Trinajstić information content (AvgIpc) is 3.12. The maximum Gasteiger partial charge on any atom is 0.250 e. The standard InChI is InChI=1S/C19H21BrN4OS/c1-10-6-7-15(8-11(10)2)17-14(5)26-19(21-17)22-18(25)13(4)24-9-16(20)12(3)23-24/h6-9,13H,1-5H3,(H,21,22,25). The van der Waals surface area contributed by atoms with Crippen LogP contribution in [0.4, 0.5) is 5.13 Å². The molecule has 1 aromatic carbocycles. The van der Waals surface area contributed by atoms with Crippen molar-refractivity contribution in [3.05, 3.63) is 50.6 Å². The molecule has 0 aliphatic carbocycles. The second-order valence-corrected chi connectivity index (χ2v) is 8.49. The Morgan fingerprint density at radius 2 is 1.96 bits per heavy atom. The first-order chi connectivity index (χ1) is 12.3. The Morgan fingerprint density at radius 1 is 1.23 bits per heavy atom. The molecule has 1 atom stereocenters. The number of aryl methyl sites for hydroxylation is 4. The Bertz CT molecular complexity index is 957. The fourth-order valence-electron chi connectivity index (χ4n) is 2.59. The Balaban J connectivity index is 1.80. The monoisotopic (exact) mass is 432 g/mol. The summed E-state index contributed by atoms with van der Waals surface area (Å²) in [4.78, 5) is 18.3. The van der Waals surface area contributed by atoms with Crippen LogP contribution in [0.3, 0.4) is 0 Å². The van der Waals surface area contributed by atoms with E-state index in [0.717, 1.165) is 26.3 Å². The molecule has 136 valence electrons. The molecule has 0 aliphatic heterocycles. The van der Waals surface area contributed by atoms with E-state index in [-0.39, 0.29) is 5.91 Å². The number of hydrogen-bond donors (Lipinski definition) is 1. The minimum atomic E-state index is -0.422. The summed E-state index contributed by atoms with van der Waals surface area (Å²) in [5, 5.41) is 7.88. The van der Waals surface area contributed by atoms with Crippen LogP contribution >= 0.6 is 27.3 Å². The molecule has 0 aliphatic rings. The molecule has 26 heavy (non-hydrogen) atoms. The Kier molecular flexibility index (Phi) is 5.29. The van der Waals surface area contributed by atoms with Gasteiger partial charge in [-0.25, -0.2) is 4.98 Å². The Hall–Kier alpha value is -1.99. The molecule has 1 unspecified atom stereocenters. The van der Waals surface area contributed by atoms with Crippen LogP contribution in [0, 0.1) is 27.7 Å². The number of thiazole rings is 1. The fraction of sp³-hybridized carbons (Fsp3) is 0.316. The molecule has 0 spiro atoms. The lowest BCUT2D eigenvalue weighted by molar-refractivity contribution is -0.119. The molecule has 0 bridgehead atoms. The number of aromatic nitrogens is 3. The van der Waals surface area contributed by atoms with Crippen molar-refractivity contribution in [2.24, 2.45) is 0 Å². The Labute approximate surface area is 165 Å².